The smallest absolute Gasteiger partial charge is 0.112 e. The Balaban J connectivity index is 1.13. The van der Waals surface area contributed by atoms with Gasteiger partial charge in [0, 0.05) is 5.69 Å². The van der Waals surface area contributed by atoms with Gasteiger partial charge in [0.2, 0.25) is 0 Å². The highest BCUT2D eigenvalue weighted by molar-refractivity contribution is 6.44. The molecule has 1 atom stereocenters. The molecule has 0 saturated carbocycles. The summed E-state index contributed by atoms with van der Waals surface area (Å²) in [6, 6.07) is 57.5. The van der Waals surface area contributed by atoms with E-state index in [9.17, 15) is 5.11 Å². The first-order valence-corrected chi connectivity index (χ1v) is 17.4. The van der Waals surface area contributed by atoms with E-state index in [1.165, 1.54) is 49.0 Å². The summed E-state index contributed by atoms with van der Waals surface area (Å²) in [5.74, 6) is 0.365. The molecule has 0 fully saturated rings. The van der Waals surface area contributed by atoms with Crippen LogP contribution in [-0.4, -0.2) is 43.6 Å². The van der Waals surface area contributed by atoms with Crippen LogP contribution in [0.15, 0.2) is 164 Å². The van der Waals surface area contributed by atoms with Crippen LogP contribution in [0.4, 0.5) is 0 Å². The van der Waals surface area contributed by atoms with Crippen LogP contribution in [0.5, 0.6) is 0 Å². The van der Waals surface area contributed by atoms with Crippen LogP contribution in [0.2, 0.25) is 0 Å². The Morgan fingerprint density at radius 3 is 1.56 bits per heavy atom. The van der Waals surface area contributed by atoms with Crippen molar-refractivity contribution in [3.05, 3.63) is 170 Å². The monoisotopic (exact) mass is 660 g/mol. The second-order valence-corrected chi connectivity index (χ2v) is 13.8. The average molecular weight is 660 g/mol. The van der Waals surface area contributed by atoms with Gasteiger partial charge >= 0.3 is 0 Å². The fourth-order valence-electron chi connectivity index (χ4n) is 7.54. The van der Waals surface area contributed by atoms with Gasteiger partial charge < -0.3 is 5.11 Å². The third-order valence-electron chi connectivity index (χ3n) is 10.5. The van der Waals surface area contributed by atoms with E-state index in [1.54, 1.807) is 6.92 Å². The van der Waals surface area contributed by atoms with E-state index in [-0.39, 0.29) is 0 Å². The molecule has 6 radical (unpaired) electrons. The minimum atomic E-state index is -2.19. The summed E-state index contributed by atoms with van der Waals surface area (Å²) in [7, 11) is 18.4. The number of hydrogen-bond donors (Lipinski definition) is 1. The van der Waals surface area contributed by atoms with Gasteiger partial charge in [-0.2, -0.15) is 0 Å². The zero-order valence-electron chi connectivity index (χ0n) is 28.7. The highest BCUT2D eigenvalue weighted by Crippen LogP contribution is 2.44. The summed E-state index contributed by atoms with van der Waals surface area (Å²) >= 11 is 0. The van der Waals surface area contributed by atoms with Crippen LogP contribution >= 0.6 is 0 Å². The third kappa shape index (κ3) is 5.17. The van der Waals surface area contributed by atoms with Crippen LogP contribution in [-0.2, 0) is 5.31 Å². The first-order valence-electron chi connectivity index (χ1n) is 17.4. The minimum Gasteiger partial charge on any atom is -0.409 e. The number of imidazole rings is 1. The number of fused-ring (bicyclic) bond motifs is 4. The van der Waals surface area contributed by atoms with E-state index in [2.05, 4.69) is 127 Å². The van der Waals surface area contributed by atoms with Crippen molar-refractivity contribution < 1.29 is 5.11 Å². The van der Waals surface area contributed by atoms with E-state index in [0.29, 0.717) is 5.82 Å². The van der Waals surface area contributed by atoms with Gasteiger partial charge in [-0.3, -0.25) is 4.57 Å². The largest absolute Gasteiger partial charge is 0.409 e. The third-order valence-corrected chi connectivity index (χ3v) is 10.5. The second-order valence-electron chi connectivity index (χ2n) is 13.8. The molecular formula is C46H31B3N2O. The summed E-state index contributed by atoms with van der Waals surface area (Å²) in [5, 5.41) is 14.2. The summed E-state index contributed by atoms with van der Waals surface area (Å²) in [6.45, 7) is 1.59. The molecule has 3 nitrogen and oxygen atoms in total. The van der Waals surface area contributed by atoms with Gasteiger partial charge in [-0.15, -0.1) is 0 Å². The molecule has 8 aromatic carbocycles. The Kier molecular flexibility index (Phi) is 7.50. The molecule has 9 rings (SSSR count). The molecule has 1 N–H and O–H groups in total. The SMILES string of the molecule is [B]C([B])(O)C([B])(C)c1nc2ccccc2n1-c1ccc(-c2ccc(-c3c4ccccc4c(-c4ccc5ccccc5c4)c4ccccc34)cc2)cc1. The minimum absolute atomic E-state index is 0.365. The van der Waals surface area contributed by atoms with Crippen molar-refractivity contribution in [1.82, 2.24) is 9.55 Å². The number of nitrogens with zero attached hydrogens (tertiary/aromatic N) is 2. The van der Waals surface area contributed by atoms with Crippen LogP contribution in [0, 0.1) is 0 Å². The molecule has 52 heavy (non-hydrogen) atoms. The predicted octanol–water partition coefficient (Wildman–Crippen LogP) is 9.85. The fourth-order valence-corrected chi connectivity index (χ4v) is 7.54. The maximum atomic E-state index is 10.6. The lowest BCUT2D eigenvalue weighted by Crippen LogP contribution is -2.52. The van der Waals surface area contributed by atoms with Gasteiger partial charge in [-0.1, -0.05) is 140 Å². The predicted molar refractivity (Wildman–Crippen MR) is 219 cm³/mol. The molecule has 0 aliphatic carbocycles. The lowest BCUT2D eigenvalue weighted by atomic mass is 9.43. The molecule has 1 unspecified atom stereocenters. The number of aromatic nitrogens is 2. The Labute approximate surface area is 306 Å². The standard InChI is InChI=1S/C46H31B3N2O/c1-45(47,46(48,49)52)44-50-40-16-8-9-17-41(40)51(44)35-26-24-31(25-27-35)30-18-21-32(22-19-30)42-36-12-4-6-14-38(36)43(39-15-7-5-13-37(39)42)34-23-20-29-10-2-3-11-33(29)28-34/h2-28,52H,1H3. The van der Waals surface area contributed by atoms with Crippen molar-refractivity contribution >= 4 is 66.9 Å². The Morgan fingerprint density at radius 2 is 0.962 bits per heavy atom. The number of aliphatic hydroxyl groups is 1. The average Bonchev–Trinajstić information content (AvgIpc) is 3.57. The molecule has 1 aromatic heterocycles. The molecule has 0 spiro atoms. The zero-order chi connectivity index (χ0) is 35.6. The highest BCUT2D eigenvalue weighted by atomic mass is 16.3. The van der Waals surface area contributed by atoms with E-state index in [1.807, 2.05) is 41.0 Å². The van der Waals surface area contributed by atoms with Crippen molar-refractivity contribution in [2.75, 3.05) is 0 Å². The molecule has 240 valence electrons. The fraction of sp³-hybridized carbons (Fsp3) is 0.0652. The summed E-state index contributed by atoms with van der Waals surface area (Å²) in [4.78, 5) is 4.74. The van der Waals surface area contributed by atoms with Gasteiger partial charge in [0.25, 0.3) is 0 Å². The molecule has 0 amide bonds. The lowest BCUT2D eigenvalue weighted by Gasteiger charge is -2.38. The van der Waals surface area contributed by atoms with E-state index >= 15 is 0 Å². The molecule has 0 aliphatic rings. The van der Waals surface area contributed by atoms with E-state index in [4.69, 9.17) is 28.5 Å². The topological polar surface area (TPSA) is 38.1 Å². The molecule has 1 heterocycles. The van der Waals surface area contributed by atoms with Crippen molar-refractivity contribution in [1.29, 1.82) is 0 Å². The van der Waals surface area contributed by atoms with E-state index < -0.39 is 10.7 Å². The summed E-state index contributed by atoms with van der Waals surface area (Å²) < 4.78 is 1.91. The Morgan fingerprint density at radius 1 is 0.500 bits per heavy atom. The Bertz CT molecular complexity index is 2740. The van der Waals surface area contributed by atoms with E-state index in [0.717, 1.165) is 33.4 Å². The molecule has 0 aliphatic heterocycles. The number of hydrogen-bond acceptors (Lipinski definition) is 2. The number of para-hydroxylation sites is 2. The van der Waals surface area contributed by atoms with Gasteiger partial charge in [0.05, 0.1) is 34.6 Å². The van der Waals surface area contributed by atoms with Crippen LogP contribution in [0.3, 0.4) is 0 Å². The second kappa shape index (κ2) is 12.1. The number of benzene rings is 8. The molecule has 6 heteroatoms. The van der Waals surface area contributed by atoms with Crippen molar-refractivity contribution in [3.8, 4) is 39.1 Å². The van der Waals surface area contributed by atoms with Crippen molar-refractivity contribution in [2.24, 2.45) is 0 Å². The Hall–Kier alpha value is -5.84. The summed E-state index contributed by atoms with van der Waals surface area (Å²) in [6.07, 6.45) is 0. The van der Waals surface area contributed by atoms with Gasteiger partial charge in [0.15, 0.2) is 0 Å². The molecular weight excluding hydrogens is 629 g/mol. The first-order chi connectivity index (χ1) is 25.2. The summed E-state index contributed by atoms with van der Waals surface area (Å²) in [5.41, 5.74) is 9.39. The van der Waals surface area contributed by atoms with Gasteiger partial charge in [0.1, 0.15) is 5.82 Å². The molecule has 0 saturated heterocycles. The van der Waals surface area contributed by atoms with Crippen molar-refractivity contribution in [3.63, 3.8) is 0 Å². The van der Waals surface area contributed by atoms with Crippen LogP contribution in [0.1, 0.15) is 12.7 Å². The van der Waals surface area contributed by atoms with Crippen LogP contribution < -0.4 is 0 Å². The normalized spacial score (nSPS) is 13.2. The van der Waals surface area contributed by atoms with Crippen LogP contribution in [0.25, 0.3) is 82.4 Å². The maximum Gasteiger partial charge on any atom is 0.112 e. The zero-order valence-corrected chi connectivity index (χ0v) is 28.7. The van der Waals surface area contributed by atoms with Crippen molar-refractivity contribution in [2.45, 2.75) is 17.6 Å². The quantitative estimate of drug-likeness (QED) is 0.143. The van der Waals surface area contributed by atoms with Gasteiger partial charge in [-0.05, 0) is 107 Å². The molecule has 9 aromatic rings. The van der Waals surface area contributed by atoms with Gasteiger partial charge in [-0.25, -0.2) is 4.98 Å². The lowest BCUT2D eigenvalue weighted by molar-refractivity contribution is 0.162. The first kappa shape index (κ1) is 32.1. The molecule has 0 bridgehead atoms. The maximum absolute atomic E-state index is 10.6. The number of rotatable bonds is 6. The highest BCUT2D eigenvalue weighted by Gasteiger charge is 2.39.